The molecule has 116 valence electrons. The van der Waals surface area contributed by atoms with Crippen LogP contribution >= 0.6 is 0 Å². The summed E-state index contributed by atoms with van der Waals surface area (Å²) < 4.78 is 0. The van der Waals surface area contributed by atoms with Crippen molar-refractivity contribution in [2.45, 2.75) is 44.8 Å². The number of rotatable bonds is 1. The number of carbonyl (C=O) groups excluding carboxylic acids is 3. The monoisotopic (exact) mass is 294 g/mol. The summed E-state index contributed by atoms with van der Waals surface area (Å²) in [5, 5.41) is 2.84. The molecule has 7 nitrogen and oxygen atoms in total. The van der Waals surface area contributed by atoms with Crippen molar-refractivity contribution >= 4 is 17.8 Å². The van der Waals surface area contributed by atoms with Gasteiger partial charge in [-0.05, 0) is 26.7 Å². The molecule has 0 aliphatic carbocycles. The molecule has 4 amide bonds. The minimum atomic E-state index is -0.501. The van der Waals surface area contributed by atoms with E-state index in [-0.39, 0.29) is 29.9 Å². The Bertz CT molecular complexity index is 479. The number of urea groups is 1. The second kappa shape index (κ2) is 5.20. The van der Waals surface area contributed by atoms with E-state index in [4.69, 9.17) is 0 Å². The van der Waals surface area contributed by atoms with Crippen LogP contribution in [0.15, 0.2) is 0 Å². The number of hydrogen-bond donors (Lipinski definition) is 1. The number of nitrogens with one attached hydrogen (secondary N) is 1. The van der Waals surface area contributed by atoms with Crippen LogP contribution in [0.2, 0.25) is 0 Å². The summed E-state index contributed by atoms with van der Waals surface area (Å²) in [5.74, 6) is 0.0557. The fourth-order valence-corrected chi connectivity index (χ4v) is 3.45. The lowest BCUT2D eigenvalue weighted by Gasteiger charge is -2.47. The van der Waals surface area contributed by atoms with Gasteiger partial charge in [-0.25, -0.2) is 4.79 Å². The van der Waals surface area contributed by atoms with Crippen LogP contribution in [-0.4, -0.2) is 76.8 Å². The number of carbonyl (C=O) groups is 3. The first-order valence-electron chi connectivity index (χ1n) is 7.65. The van der Waals surface area contributed by atoms with Gasteiger partial charge in [0.15, 0.2) is 0 Å². The Kier molecular flexibility index (Phi) is 3.51. The van der Waals surface area contributed by atoms with E-state index in [2.05, 4.69) is 5.32 Å². The van der Waals surface area contributed by atoms with E-state index in [1.807, 2.05) is 13.8 Å². The number of hydrogen-bond acceptors (Lipinski definition) is 3. The normalized spacial score (nSPS) is 28.8. The zero-order chi connectivity index (χ0) is 15.1. The largest absolute Gasteiger partial charge is 0.336 e. The standard InChI is InChI=1S/C14H22N4O3/c1-9(2)15-14(21)16-6-7-18-11(8-16)13(20)17-5-3-4-10(17)12(18)19/h9-11H,3-8H2,1-2H3,(H,15,21)/t10-,11-/m0/s1. The minimum absolute atomic E-state index is 0.000790. The third kappa shape index (κ3) is 2.34. The van der Waals surface area contributed by atoms with Gasteiger partial charge in [0.1, 0.15) is 12.1 Å². The molecule has 21 heavy (non-hydrogen) atoms. The molecular formula is C14H22N4O3. The van der Waals surface area contributed by atoms with Gasteiger partial charge in [-0.1, -0.05) is 0 Å². The quantitative estimate of drug-likeness (QED) is 0.716. The van der Waals surface area contributed by atoms with Crippen LogP contribution in [0.3, 0.4) is 0 Å². The summed E-state index contributed by atoms with van der Waals surface area (Å²) in [6, 6.07) is -0.862. The molecule has 0 spiro atoms. The van der Waals surface area contributed by atoms with Gasteiger partial charge in [-0.15, -0.1) is 0 Å². The molecule has 3 fully saturated rings. The topological polar surface area (TPSA) is 73.0 Å². The van der Waals surface area contributed by atoms with Gasteiger partial charge in [-0.3, -0.25) is 9.59 Å². The predicted molar refractivity (Wildman–Crippen MR) is 75.5 cm³/mol. The predicted octanol–water partition coefficient (Wildman–Crippen LogP) is -0.378. The first-order valence-corrected chi connectivity index (χ1v) is 7.65. The second-order valence-electron chi connectivity index (χ2n) is 6.29. The van der Waals surface area contributed by atoms with Gasteiger partial charge >= 0.3 is 6.03 Å². The molecule has 0 aromatic rings. The van der Waals surface area contributed by atoms with E-state index in [1.54, 1.807) is 14.7 Å². The van der Waals surface area contributed by atoms with Crippen molar-refractivity contribution in [1.82, 2.24) is 20.0 Å². The lowest BCUT2D eigenvalue weighted by molar-refractivity contribution is -0.162. The van der Waals surface area contributed by atoms with Crippen LogP contribution in [0.4, 0.5) is 4.79 Å². The molecule has 0 saturated carbocycles. The lowest BCUT2D eigenvalue weighted by atomic mass is 10.0. The van der Waals surface area contributed by atoms with E-state index in [0.29, 0.717) is 26.2 Å². The van der Waals surface area contributed by atoms with Gasteiger partial charge in [0, 0.05) is 25.7 Å². The number of fused-ring (bicyclic) bond motifs is 2. The number of nitrogens with zero attached hydrogens (tertiary/aromatic N) is 3. The average Bonchev–Trinajstić information content (AvgIpc) is 2.93. The molecule has 0 aromatic carbocycles. The van der Waals surface area contributed by atoms with Crippen molar-refractivity contribution in [3.8, 4) is 0 Å². The fraction of sp³-hybridized carbons (Fsp3) is 0.786. The van der Waals surface area contributed by atoms with E-state index in [1.165, 1.54) is 0 Å². The third-order valence-corrected chi connectivity index (χ3v) is 4.47. The molecule has 3 rings (SSSR count). The van der Waals surface area contributed by atoms with Crippen LogP contribution in [-0.2, 0) is 9.59 Å². The molecule has 0 bridgehead atoms. The molecule has 0 unspecified atom stereocenters. The molecule has 7 heteroatoms. The lowest BCUT2D eigenvalue weighted by Crippen LogP contribution is -2.69. The fourth-order valence-electron chi connectivity index (χ4n) is 3.45. The van der Waals surface area contributed by atoms with Crippen LogP contribution in [0.5, 0.6) is 0 Å². The zero-order valence-corrected chi connectivity index (χ0v) is 12.5. The highest BCUT2D eigenvalue weighted by atomic mass is 16.2. The maximum Gasteiger partial charge on any atom is 0.317 e. The Morgan fingerprint density at radius 3 is 2.48 bits per heavy atom. The average molecular weight is 294 g/mol. The molecule has 1 N–H and O–H groups in total. The van der Waals surface area contributed by atoms with Crippen LogP contribution < -0.4 is 5.32 Å². The molecule has 0 aromatic heterocycles. The summed E-state index contributed by atoms with van der Waals surface area (Å²) in [5.41, 5.74) is 0. The zero-order valence-electron chi connectivity index (χ0n) is 12.5. The van der Waals surface area contributed by atoms with Crippen molar-refractivity contribution in [2.24, 2.45) is 0 Å². The first-order chi connectivity index (χ1) is 9.99. The number of piperazine rings is 2. The van der Waals surface area contributed by atoms with Crippen molar-refractivity contribution in [3.05, 3.63) is 0 Å². The summed E-state index contributed by atoms with van der Waals surface area (Å²) in [6.07, 6.45) is 1.66. The van der Waals surface area contributed by atoms with Gasteiger partial charge in [0.25, 0.3) is 0 Å². The highest BCUT2D eigenvalue weighted by Crippen LogP contribution is 2.28. The summed E-state index contributed by atoms with van der Waals surface area (Å²) in [6.45, 7) is 5.70. The van der Waals surface area contributed by atoms with Crippen LogP contribution in [0.1, 0.15) is 26.7 Å². The third-order valence-electron chi connectivity index (χ3n) is 4.47. The SMILES string of the molecule is CC(C)NC(=O)N1CCN2C(=O)[C@@H]3CCCN3C(=O)[C@@H]2C1. The molecule has 2 atom stereocenters. The Balaban J connectivity index is 1.74. The first kappa shape index (κ1) is 14.2. The second-order valence-corrected chi connectivity index (χ2v) is 6.29. The molecule has 3 aliphatic rings. The van der Waals surface area contributed by atoms with Gasteiger partial charge in [0.2, 0.25) is 11.8 Å². The maximum absolute atomic E-state index is 12.6. The summed E-state index contributed by atoms with van der Waals surface area (Å²) >= 11 is 0. The maximum atomic E-state index is 12.6. The van der Waals surface area contributed by atoms with E-state index in [0.717, 1.165) is 12.8 Å². The smallest absolute Gasteiger partial charge is 0.317 e. The molecule has 3 aliphatic heterocycles. The summed E-state index contributed by atoms with van der Waals surface area (Å²) in [7, 11) is 0. The Hall–Kier alpha value is -1.79. The Labute approximate surface area is 124 Å². The Morgan fingerprint density at radius 2 is 1.76 bits per heavy atom. The Morgan fingerprint density at radius 1 is 1.10 bits per heavy atom. The highest BCUT2D eigenvalue weighted by molar-refractivity contribution is 5.98. The van der Waals surface area contributed by atoms with Crippen molar-refractivity contribution < 1.29 is 14.4 Å². The molecular weight excluding hydrogens is 272 g/mol. The van der Waals surface area contributed by atoms with Crippen LogP contribution in [0.25, 0.3) is 0 Å². The van der Waals surface area contributed by atoms with Gasteiger partial charge in [-0.2, -0.15) is 0 Å². The van der Waals surface area contributed by atoms with Crippen molar-refractivity contribution in [1.29, 1.82) is 0 Å². The molecule has 3 saturated heterocycles. The highest BCUT2D eigenvalue weighted by Gasteiger charge is 2.49. The van der Waals surface area contributed by atoms with E-state index >= 15 is 0 Å². The van der Waals surface area contributed by atoms with Gasteiger partial charge < -0.3 is 20.0 Å². The molecule has 3 heterocycles. The van der Waals surface area contributed by atoms with Crippen LogP contribution in [0, 0.1) is 0 Å². The van der Waals surface area contributed by atoms with Gasteiger partial charge in [0.05, 0.1) is 6.54 Å². The van der Waals surface area contributed by atoms with E-state index in [9.17, 15) is 14.4 Å². The van der Waals surface area contributed by atoms with Crippen molar-refractivity contribution in [3.63, 3.8) is 0 Å². The minimum Gasteiger partial charge on any atom is -0.336 e. The van der Waals surface area contributed by atoms with Crippen molar-refractivity contribution in [2.75, 3.05) is 26.2 Å². The summed E-state index contributed by atoms with van der Waals surface area (Å²) in [4.78, 5) is 42.1. The number of amides is 4. The molecule has 0 radical (unpaired) electrons. The van der Waals surface area contributed by atoms with E-state index < -0.39 is 6.04 Å².